The maximum absolute atomic E-state index is 14.1. The Hall–Kier alpha value is -2.62. The van der Waals surface area contributed by atoms with E-state index in [1.165, 1.54) is 23.2 Å². The molecule has 2 fully saturated rings. The summed E-state index contributed by atoms with van der Waals surface area (Å²) < 4.78 is 19.5. The van der Waals surface area contributed by atoms with Crippen LogP contribution in [-0.4, -0.2) is 69.8 Å². The second kappa shape index (κ2) is 8.38. The Bertz CT molecular complexity index is 1020. The van der Waals surface area contributed by atoms with Gasteiger partial charge in [-0.2, -0.15) is 0 Å². The van der Waals surface area contributed by atoms with Gasteiger partial charge in [0.1, 0.15) is 17.6 Å². The second-order valence-corrected chi connectivity index (χ2v) is 8.69. The van der Waals surface area contributed by atoms with Crippen molar-refractivity contribution in [1.29, 1.82) is 0 Å². The molecule has 8 nitrogen and oxygen atoms in total. The molecule has 0 bridgehead atoms. The summed E-state index contributed by atoms with van der Waals surface area (Å²) in [4.78, 5) is 29.1. The van der Waals surface area contributed by atoms with Crippen molar-refractivity contribution < 1.29 is 28.9 Å². The number of nitrogens with one attached hydrogen (secondary N) is 1. The average Bonchev–Trinajstić information content (AvgIpc) is 2.74. The van der Waals surface area contributed by atoms with Crippen molar-refractivity contribution >= 4 is 23.4 Å². The molecule has 3 aliphatic rings. The predicted octanol–water partition coefficient (Wildman–Crippen LogP) is 1.83. The topological polar surface area (TPSA) is 102 Å². The number of rotatable bonds is 5. The van der Waals surface area contributed by atoms with E-state index in [2.05, 4.69) is 5.32 Å². The number of likely N-dealkylation sites (N-methyl/N-ethyl adjacent to an activating group) is 1. The fourth-order valence-corrected chi connectivity index (χ4v) is 4.95. The average molecular weight is 466 g/mol. The highest BCUT2D eigenvalue weighted by Gasteiger charge is 2.56. The number of aliphatic hydroxyl groups is 2. The van der Waals surface area contributed by atoms with Gasteiger partial charge in [0.15, 0.2) is 5.76 Å². The minimum Gasteiger partial charge on any atom is -0.507 e. The number of amides is 2. The lowest BCUT2D eigenvalue weighted by molar-refractivity contribution is -0.158. The van der Waals surface area contributed by atoms with Gasteiger partial charge in [-0.15, -0.1) is 0 Å². The number of benzene rings is 1. The van der Waals surface area contributed by atoms with Crippen molar-refractivity contribution in [3.05, 3.63) is 57.8 Å². The van der Waals surface area contributed by atoms with Gasteiger partial charge in [-0.25, -0.2) is 4.39 Å². The maximum Gasteiger partial charge on any atom is 0.274 e. The number of hydrogen-bond donors (Lipinski definition) is 3. The summed E-state index contributed by atoms with van der Waals surface area (Å²) in [7, 11) is 1.62. The van der Waals surface area contributed by atoms with E-state index in [-0.39, 0.29) is 34.5 Å². The molecule has 1 aromatic carbocycles. The molecule has 2 amide bonds. The third-order valence-corrected chi connectivity index (χ3v) is 6.75. The Morgan fingerprint density at radius 2 is 2.12 bits per heavy atom. The van der Waals surface area contributed by atoms with Crippen molar-refractivity contribution in [2.45, 2.75) is 44.1 Å². The molecule has 1 saturated carbocycles. The van der Waals surface area contributed by atoms with Crippen molar-refractivity contribution in [2.75, 3.05) is 20.2 Å². The molecule has 1 spiro atoms. The SMILES string of the molecule is CCN1C(=O)C2=C(O)C(O)C(C(=O)NCc3cccc(Cl)c3F)=CN2CC12CC(OC)C2. The number of ether oxygens (including phenoxy) is 1. The fraction of sp³-hybridized carbons (Fsp3) is 0.455. The van der Waals surface area contributed by atoms with Crippen LogP contribution < -0.4 is 5.32 Å². The number of fused-ring (bicyclic) bond motifs is 1. The molecule has 1 unspecified atom stereocenters. The molecule has 172 valence electrons. The maximum atomic E-state index is 14.1. The van der Waals surface area contributed by atoms with E-state index in [0.717, 1.165) is 0 Å². The third-order valence-electron chi connectivity index (χ3n) is 6.46. The highest BCUT2D eigenvalue weighted by Crippen LogP contribution is 2.45. The van der Waals surface area contributed by atoms with Crippen LogP contribution in [0.4, 0.5) is 4.39 Å². The monoisotopic (exact) mass is 465 g/mol. The Balaban J connectivity index is 1.57. The Morgan fingerprint density at radius 3 is 2.78 bits per heavy atom. The summed E-state index contributed by atoms with van der Waals surface area (Å²) in [6, 6.07) is 4.45. The van der Waals surface area contributed by atoms with Gasteiger partial charge in [-0.1, -0.05) is 23.7 Å². The van der Waals surface area contributed by atoms with E-state index in [1.54, 1.807) is 18.1 Å². The summed E-state index contributed by atoms with van der Waals surface area (Å²) in [5.74, 6) is -2.31. The van der Waals surface area contributed by atoms with Gasteiger partial charge in [0.05, 0.1) is 22.2 Å². The first-order chi connectivity index (χ1) is 15.2. The molecular formula is C22H25ClFN3O5. The van der Waals surface area contributed by atoms with Crippen LogP contribution in [0.1, 0.15) is 25.3 Å². The quantitative estimate of drug-likeness (QED) is 0.613. The summed E-state index contributed by atoms with van der Waals surface area (Å²) in [5, 5.41) is 23.6. The van der Waals surface area contributed by atoms with Crippen molar-refractivity contribution in [3.8, 4) is 0 Å². The minimum absolute atomic E-state index is 0.0331. The zero-order valence-corrected chi connectivity index (χ0v) is 18.5. The zero-order valence-electron chi connectivity index (χ0n) is 17.8. The number of methoxy groups -OCH3 is 1. The van der Waals surface area contributed by atoms with Gasteiger partial charge >= 0.3 is 0 Å². The van der Waals surface area contributed by atoms with Gasteiger partial charge < -0.3 is 30.1 Å². The van der Waals surface area contributed by atoms with E-state index in [4.69, 9.17) is 16.3 Å². The van der Waals surface area contributed by atoms with E-state index in [1.807, 2.05) is 6.92 Å². The van der Waals surface area contributed by atoms with Crippen LogP contribution in [0, 0.1) is 5.82 Å². The molecule has 0 aromatic heterocycles. The normalized spacial score (nSPS) is 27.3. The summed E-state index contributed by atoms with van der Waals surface area (Å²) in [6.07, 6.45) is 1.02. The van der Waals surface area contributed by atoms with Crippen molar-refractivity contribution in [3.63, 3.8) is 0 Å². The van der Waals surface area contributed by atoms with E-state index in [0.29, 0.717) is 25.9 Å². The van der Waals surface area contributed by atoms with E-state index < -0.39 is 35.0 Å². The molecule has 32 heavy (non-hydrogen) atoms. The van der Waals surface area contributed by atoms with E-state index >= 15 is 0 Å². The second-order valence-electron chi connectivity index (χ2n) is 8.28. The van der Waals surface area contributed by atoms with Crippen LogP contribution in [0.15, 0.2) is 41.4 Å². The molecule has 2 aliphatic heterocycles. The van der Waals surface area contributed by atoms with E-state index in [9.17, 15) is 24.2 Å². The van der Waals surface area contributed by atoms with Crippen LogP contribution in [0.5, 0.6) is 0 Å². The van der Waals surface area contributed by atoms with Gasteiger partial charge in [0, 0.05) is 38.5 Å². The highest BCUT2D eigenvalue weighted by molar-refractivity contribution is 6.30. The van der Waals surface area contributed by atoms with Crippen LogP contribution in [0.2, 0.25) is 5.02 Å². The Morgan fingerprint density at radius 1 is 1.41 bits per heavy atom. The number of piperazine rings is 1. The lowest BCUT2D eigenvalue weighted by Crippen LogP contribution is -2.70. The van der Waals surface area contributed by atoms with Crippen LogP contribution in [0.3, 0.4) is 0 Å². The molecule has 1 aliphatic carbocycles. The Kier molecular flexibility index (Phi) is 5.91. The van der Waals surface area contributed by atoms with Crippen LogP contribution >= 0.6 is 11.6 Å². The summed E-state index contributed by atoms with van der Waals surface area (Å²) in [5.41, 5.74) is -0.462. The largest absolute Gasteiger partial charge is 0.507 e. The predicted molar refractivity (Wildman–Crippen MR) is 114 cm³/mol. The lowest BCUT2D eigenvalue weighted by atomic mass is 9.70. The first-order valence-corrected chi connectivity index (χ1v) is 10.8. The molecule has 0 radical (unpaired) electrons. The molecule has 3 N–H and O–H groups in total. The third kappa shape index (κ3) is 3.54. The van der Waals surface area contributed by atoms with Crippen molar-refractivity contribution in [2.24, 2.45) is 0 Å². The molecule has 2 heterocycles. The lowest BCUT2D eigenvalue weighted by Gasteiger charge is -2.58. The standard InChI is InChI=1S/C22H25ClFN3O5/c1-3-27-21(31)17-19(29)18(28)14(10-26(17)11-22(27)7-13(8-22)32-2)20(30)25-9-12-5-4-6-15(23)16(12)24/h4-6,10,13,18,28-29H,3,7-9,11H2,1-2H3,(H,25,30). The first-order valence-electron chi connectivity index (χ1n) is 10.4. The number of carbonyl (C=O) groups excluding carboxylic acids is 2. The molecular weight excluding hydrogens is 441 g/mol. The number of carbonyl (C=O) groups is 2. The van der Waals surface area contributed by atoms with Crippen LogP contribution in [-0.2, 0) is 20.9 Å². The molecule has 1 saturated heterocycles. The molecule has 4 rings (SSSR count). The number of hydrogen-bond acceptors (Lipinski definition) is 6. The van der Waals surface area contributed by atoms with Gasteiger partial charge in [0.25, 0.3) is 11.8 Å². The molecule has 1 aromatic rings. The summed E-state index contributed by atoms with van der Waals surface area (Å²) in [6.45, 7) is 2.50. The smallest absolute Gasteiger partial charge is 0.274 e. The van der Waals surface area contributed by atoms with Gasteiger partial charge in [-0.05, 0) is 25.8 Å². The summed E-state index contributed by atoms with van der Waals surface area (Å²) >= 11 is 5.77. The number of aliphatic hydroxyl groups excluding tert-OH is 2. The van der Waals surface area contributed by atoms with Gasteiger partial charge in [0.2, 0.25) is 0 Å². The molecule has 1 atom stereocenters. The van der Waals surface area contributed by atoms with Gasteiger partial charge in [-0.3, -0.25) is 9.59 Å². The fourth-order valence-electron chi connectivity index (χ4n) is 4.76. The first kappa shape index (κ1) is 22.6. The Labute approximate surface area is 189 Å². The van der Waals surface area contributed by atoms with Crippen LogP contribution in [0.25, 0.3) is 0 Å². The highest BCUT2D eigenvalue weighted by atomic mass is 35.5. The number of nitrogens with zero attached hydrogens (tertiary/aromatic N) is 2. The van der Waals surface area contributed by atoms with Crippen molar-refractivity contribution in [1.82, 2.24) is 15.1 Å². The number of halogens is 2. The minimum atomic E-state index is -1.67. The molecule has 10 heteroatoms. The zero-order chi connectivity index (χ0) is 23.2.